The molecule has 7 heteroatoms. The number of nitrogens with one attached hydrogen (secondary N) is 1. The first-order chi connectivity index (χ1) is 12.1. The van der Waals surface area contributed by atoms with Gasteiger partial charge in [0.25, 0.3) is 5.91 Å². The molecule has 132 valence electrons. The molecule has 4 rings (SSSR count). The van der Waals surface area contributed by atoms with Gasteiger partial charge in [0.05, 0.1) is 11.1 Å². The van der Waals surface area contributed by atoms with Gasteiger partial charge in [-0.15, -0.1) is 0 Å². The minimum Gasteiger partial charge on any atom is -0.468 e. The number of nitrogens with zero attached hydrogens (tertiary/aromatic N) is 3. The number of piperidine rings is 1. The van der Waals surface area contributed by atoms with Crippen LogP contribution in [-0.2, 0) is 13.5 Å². The van der Waals surface area contributed by atoms with E-state index in [0.717, 1.165) is 44.7 Å². The Morgan fingerprint density at radius 3 is 2.84 bits per heavy atom. The second-order valence-electron chi connectivity index (χ2n) is 6.80. The molecule has 0 radical (unpaired) electrons. The maximum Gasteiger partial charge on any atom is 0.255 e. The number of rotatable bonds is 3. The number of hydrogen-bond acceptors (Lipinski definition) is 5. The van der Waals surface area contributed by atoms with E-state index in [1.54, 1.807) is 6.20 Å². The molecule has 1 saturated heterocycles. The van der Waals surface area contributed by atoms with Crippen LogP contribution in [0.1, 0.15) is 52.2 Å². The zero-order chi connectivity index (χ0) is 17.4. The molecule has 0 unspecified atom stereocenters. The van der Waals surface area contributed by atoms with Crippen LogP contribution in [0.2, 0.25) is 0 Å². The van der Waals surface area contributed by atoms with Crippen molar-refractivity contribution in [3.63, 3.8) is 0 Å². The van der Waals surface area contributed by atoms with Gasteiger partial charge in [0.15, 0.2) is 5.78 Å². The molecule has 1 N–H and O–H groups in total. The second kappa shape index (κ2) is 6.38. The van der Waals surface area contributed by atoms with Crippen LogP contribution >= 0.6 is 0 Å². The topological polar surface area (TPSA) is 80.4 Å². The van der Waals surface area contributed by atoms with Crippen LogP contribution in [0.15, 0.2) is 23.1 Å². The Kier molecular flexibility index (Phi) is 4.07. The number of hydrogen-bond donors (Lipinski definition) is 1. The number of anilines is 1. The molecule has 0 atom stereocenters. The molecule has 0 saturated carbocycles. The van der Waals surface area contributed by atoms with E-state index in [-0.39, 0.29) is 17.7 Å². The number of aryl methyl sites for hydroxylation is 2. The van der Waals surface area contributed by atoms with E-state index in [1.165, 1.54) is 6.26 Å². The summed E-state index contributed by atoms with van der Waals surface area (Å²) in [5.41, 5.74) is 0.889. The van der Waals surface area contributed by atoms with Gasteiger partial charge in [-0.25, -0.2) is 4.98 Å². The summed E-state index contributed by atoms with van der Waals surface area (Å²) in [6.07, 6.45) is 8.90. The van der Waals surface area contributed by atoms with Crippen molar-refractivity contribution in [3.8, 4) is 0 Å². The summed E-state index contributed by atoms with van der Waals surface area (Å²) in [6.45, 7) is 1.69. The fourth-order valence-electron chi connectivity index (χ4n) is 3.74. The first kappa shape index (κ1) is 15.9. The summed E-state index contributed by atoms with van der Waals surface area (Å²) in [4.78, 5) is 31.3. The number of furan rings is 1. The lowest BCUT2D eigenvalue weighted by Gasteiger charge is -2.33. The Morgan fingerprint density at radius 1 is 1.32 bits per heavy atom. The summed E-state index contributed by atoms with van der Waals surface area (Å²) in [6, 6.07) is 0.105. The molecule has 0 aromatic carbocycles. The maximum absolute atomic E-state index is 12.6. The summed E-state index contributed by atoms with van der Waals surface area (Å²) in [5, 5.41) is 3.07. The molecule has 1 aliphatic heterocycles. The highest BCUT2D eigenvalue weighted by Gasteiger charge is 2.29. The standard InChI is InChI=1S/C18H22N4O3/c1-21-10-7-19-18(21)22-8-5-12(6-9-22)20-17(24)13-11-25-15-4-2-3-14(23)16(13)15/h7,10-12H,2-6,8-9H2,1H3,(H,20,24). The van der Waals surface area contributed by atoms with E-state index in [4.69, 9.17) is 4.42 Å². The monoisotopic (exact) mass is 342 g/mol. The normalized spacial score (nSPS) is 18.3. The molecule has 2 aromatic rings. The molecule has 1 aliphatic carbocycles. The van der Waals surface area contributed by atoms with E-state index in [9.17, 15) is 9.59 Å². The van der Waals surface area contributed by atoms with Crippen molar-refractivity contribution in [2.45, 2.75) is 38.1 Å². The number of imidazole rings is 1. The third-order valence-corrected chi connectivity index (χ3v) is 5.11. The molecule has 7 nitrogen and oxygen atoms in total. The molecule has 2 aromatic heterocycles. The van der Waals surface area contributed by atoms with Crippen molar-refractivity contribution in [2.24, 2.45) is 7.05 Å². The van der Waals surface area contributed by atoms with E-state index in [2.05, 4.69) is 15.2 Å². The SMILES string of the molecule is Cn1ccnc1N1CCC(NC(=O)c2coc3c2C(=O)CCC3)CC1. The molecular formula is C18H22N4O3. The number of Topliss-reactive ketones (excluding diaryl/α,β-unsaturated/α-hetero) is 1. The Hall–Kier alpha value is -2.57. The van der Waals surface area contributed by atoms with Gasteiger partial charge in [-0.2, -0.15) is 0 Å². The van der Waals surface area contributed by atoms with Gasteiger partial charge < -0.3 is 19.2 Å². The van der Waals surface area contributed by atoms with E-state index < -0.39 is 0 Å². The first-order valence-corrected chi connectivity index (χ1v) is 8.80. The van der Waals surface area contributed by atoms with Gasteiger partial charge >= 0.3 is 0 Å². The van der Waals surface area contributed by atoms with Crippen LogP contribution in [0, 0.1) is 0 Å². The van der Waals surface area contributed by atoms with Gasteiger partial charge in [-0.05, 0) is 19.3 Å². The third-order valence-electron chi connectivity index (χ3n) is 5.11. The van der Waals surface area contributed by atoms with Gasteiger partial charge in [-0.3, -0.25) is 9.59 Å². The number of aromatic nitrogens is 2. The first-order valence-electron chi connectivity index (χ1n) is 8.80. The fourth-order valence-corrected chi connectivity index (χ4v) is 3.74. The molecule has 2 aliphatic rings. The van der Waals surface area contributed by atoms with Gasteiger partial charge in [0.2, 0.25) is 5.95 Å². The quantitative estimate of drug-likeness (QED) is 0.922. The number of carbonyl (C=O) groups is 2. The van der Waals surface area contributed by atoms with Crippen LogP contribution < -0.4 is 10.2 Å². The van der Waals surface area contributed by atoms with Crippen LogP contribution in [0.4, 0.5) is 5.95 Å². The number of ketones is 1. The predicted molar refractivity (Wildman–Crippen MR) is 91.9 cm³/mol. The number of fused-ring (bicyclic) bond motifs is 1. The highest BCUT2D eigenvalue weighted by atomic mass is 16.3. The summed E-state index contributed by atoms with van der Waals surface area (Å²) < 4.78 is 7.45. The van der Waals surface area contributed by atoms with Crippen LogP contribution in [0.25, 0.3) is 0 Å². The van der Waals surface area contributed by atoms with Crippen LogP contribution in [0.5, 0.6) is 0 Å². The highest BCUT2D eigenvalue weighted by molar-refractivity contribution is 6.09. The smallest absolute Gasteiger partial charge is 0.255 e. The van der Waals surface area contributed by atoms with Crippen molar-refractivity contribution in [1.29, 1.82) is 0 Å². The average Bonchev–Trinajstić information content (AvgIpc) is 3.23. The molecule has 0 spiro atoms. The highest BCUT2D eigenvalue weighted by Crippen LogP contribution is 2.26. The number of amides is 1. The number of carbonyl (C=O) groups excluding carboxylic acids is 2. The third kappa shape index (κ3) is 2.94. The molecular weight excluding hydrogens is 320 g/mol. The second-order valence-corrected chi connectivity index (χ2v) is 6.80. The molecule has 25 heavy (non-hydrogen) atoms. The Morgan fingerprint density at radius 2 is 2.12 bits per heavy atom. The Bertz CT molecular complexity index is 799. The summed E-state index contributed by atoms with van der Waals surface area (Å²) in [5.74, 6) is 1.44. The minimum atomic E-state index is -0.198. The van der Waals surface area contributed by atoms with Crippen molar-refractivity contribution in [3.05, 3.63) is 35.5 Å². The summed E-state index contributed by atoms with van der Waals surface area (Å²) in [7, 11) is 1.98. The fraction of sp³-hybridized carbons (Fsp3) is 0.500. The maximum atomic E-state index is 12.6. The predicted octanol–water partition coefficient (Wildman–Crippen LogP) is 1.93. The van der Waals surface area contributed by atoms with Crippen molar-refractivity contribution >= 4 is 17.6 Å². The largest absolute Gasteiger partial charge is 0.468 e. The Balaban J connectivity index is 1.39. The zero-order valence-corrected chi connectivity index (χ0v) is 14.3. The van der Waals surface area contributed by atoms with E-state index >= 15 is 0 Å². The molecule has 0 bridgehead atoms. The van der Waals surface area contributed by atoms with Crippen molar-refractivity contribution < 1.29 is 14.0 Å². The van der Waals surface area contributed by atoms with Crippen molar-refractivity contribution in [1.82, 2.24) is 14.9 Å². The zero-order valence-electron chi connectivity index (χ0n) is 14.3. The summed E-state index contributed by atoms with van der Waals surface area (Å²) >= 11 is 0. The average molecular weight is 342 g/mol. The Labute approximate surface area is 146 Å². The lowest BCUT2D eigenvalue weighted by Crippen LogP contribution is -2.45. The molecule has 1 amide bonds. The van der Waals surface area contributed by atoms with Crippen LogP contribution in [-0.4, -0.2) is 40.4 Å². The van der Waals surface area contributed by atoms with E-state index in [1.807, 2.05) is 17.8 Å². The van der Waals surface area contributed by atoms with Crippen molar-refractivity contribution in [2.75, 3.05) is 18.0 Å². The van der Waals surface area contributed by atoms with Gasteiger partial charge in [-0.1, -0.05) is 0 Å². The molecule has 3 heterocycles. The lowest BCUT2D eigenvalue weighted by atomic mass is 9.93. The van der Waals surface area contributed by atoms with E-state index in [0.29, 0.717) is 23.3 Å². The van der Waals surface area contributed by atoms with Crippen LogP contribution in [0.3, 0.4) is 0 Å². The minimum absolute atomic E-state index is 0.0183. The lowest BCUT2D eigenvalue weighted by molar-refractivity contribution is 0.0912. The molecule has 1 fully saturated rings. The van der Waals surface area contributed by atoms with Gasteiger partial charge in [0, 0.05) is 51.4 Å². The van der Waals surface area contributed by atoms with Gasteiger partial charge in [0.1, 0.15) is 12.0 Å².